The molecule has 6 nitrogen and oxygen atoms in total. The molecule has 1 aliphatic rings. The van der Waals surface area contributed by atoms with E-state index in [0.717, 1.165) is 38.2 Å². The van der Waals surface area contributed by atoms with E-state index in [1.807, 2.05) is 23.1 Å². The van der Waals surface area contributed by atoms with Crippen molar-refractivity contribution in [2.75, 3.05) is 26.2 Å². The van der Waals surface area contributed by atoms with Crippen molar-refractivity contribution in [1.29, 1.82) is 0 Å². The molecular formula is C23H26N4O2. The molecule has 0 bridgehead atoms. The fraction of sp³-hybridized carbons (Fsp3) is 0.348. The topological polar surface area (TPSA) is 58.4 Å². The first-order valence-electron chi connectivity index (χ1n) is 10.1. The van der Waals surface area contributed by atoms with Crippen LogP contribution in [0.1, 0.15) is 17.5 Å². The second-order valence-corrected chi connectivity index (χ2v) is 7.58. The Kier molecular flexibility index (Phi) is 5.71. The average Bonchev–Trinajstić information content (AvgIpc) is 2.75. The molecule has 2 heterocycles. The number of carbonyl (C=O) groups excluding carboxylic acids is 1. The Balaban J connectivity index is 1.32. The number of aromatic nitrogens is 2. The van der Waals surface area contributed by atoms with Gasteiger partial charge in [0, 0.05) is 44.5 Å². The molecule has 0 spiro atoms. The van der Waals surface area contributed by atoms with Gasteiger partial charge in [-0.2, -0.15) is 5.10 Å². The second-order valence-electron chi connectivity index (χ2n) is 7.58. The molecule has 0 saturated carbocycles. The minimum Gasteiger partial charge on any atom is -0.340 e. The predicted octanol–water partition coefficient (Wildman–Crippen LogP) is 2.44. The molecule has 6 heteroatoms. The van der Waals surface area contributed by atoms with Crippen LogP contribution in [0.15, 0.2) is 59.5 Å². The van der Waals surface area contributed by atoms with Crippen molar-refractivity contribution in [2.45, 2.75) is 26.4 Å². The summed E-state index contributed by atoms with van der Waals surface area (Å²) in [5, 5.41) is 4.85. The van der Waals surface area contributed by atoms with Gasteiger partial charge >= 0.3 is 0 Å². The molecule has 4 rings (SSSR count). The molecule has 0 N–H and O–H groups in total. The molecule has 3 aromatic rings. The average molecular weight is 390 g/mol. The van der Waals surface area contributed by atoms with E-state index in [9.17, 15) is 9.59 Å². The summed E-state index contributed by atoms with van der Waals surface area (Å²) in [7, 11) is 0. The van der Waals surface area contributed by atoms with Crippen LogP contribution in [0.5, 0.6) is 0 Å². The summed E-state index contributed by atoms with van der Waals surface area (Å²) in [6.45, 7) is 6.83. The van der Waals surface area contributed by atoms with Gasteiger partial charge in [-0.05, 0) is 30.2 Å². The van der Waals surface area contributed by atoms with Crippen LogP contribution in [0.3, 0.4) is 0 Å². The predicted molar refractivity (Wildman–Crippen MR) is 114 cm³/mol. The summed E-state index contributed by atoms with van der Waals surface area (Å²) < 4.78 is 1.75. The lowest BCUT2D eigenvalue weighted by molar-refractivity contribution is -0.133. The zero-order chi connectivity index (χ0) is 20.2. The highest BCUT2D eigenvalue weighted by Crippen LogP contribution is 2.14. The van der Waals surface area contributed by atoms with E-state index in [0.29, 0.717) is 18.4 Å². The Hall–Kier alpha value is -2.99. The first-order valence-corrected chi connectivity index (χ1v) is 10.1. The highest BCUT2D eigenvalue weighted by Gasteiger charge is 2.21. The third-order valence-electron chi connectivity index (χ3n) is 5.68. The van der Waals surface area contributed by atoms with Crippen LogP contribution in [0.4, 0.5) is 0 Å². The summed E-state index contributed by atoms with van der Waals surface area (Å²) in [6, 6.07) is 15.9. The molecule has 1 aliphatic heterocycles. The Morgan fingerprint density at radius 3 is 2.52 bits per heavy atom. The monoisotopic (exact) mass is 390 g/mol. The van der Waals surface area contributed by atoms with Crippen molar-refractivity contribution in [1.82, 2.24) is 19.6 Å². The number of rotatable bonds is 5. The Bertz CT molecular complexity index is 1070. The van der Waals surface area contributed by atoms with Crippen molar-refractivity contribution >= 4 is 16.8 Å². The fourth-order valence-corrected chi connectivity index (χ4v) is 3.88. The van der Waals surface area contributed by atoms with Gasteiger partial charge in [-0.15, -0.1) is 0 Å². The summed E-state index contributed by atoms with van der Waals surface area (Å²) in [5.74, 6) is 0.144. The summed E-state index contributed by atoms with van der Waals surface area (Å²) in [4.78, 5) is 29.0. The maximum absolute atomic E-state index is 12.7. The van der Waals surface area contributed by atoms with E-state index >= 15 is 0 Å². The Labute approximate surface area is 170 Å². The fourth-order valence-electron chi connectivity index (χ4n) is 3.88. The normalized spacial score (nSPS) is 15.0. The first-order chi connectivity index (χ1) is 14.1. The number of nitrogens with zero attached hydrogens (tertiary/aromatic N) is 4. The number of para-hydroxylation sites is 1. The van der Waals surface area contributed by atoms with Gasteiger partial charge in [-0.1, -0.05) is 36.4 Å². The standard InChI is InChI=1S/C23H26N4O2/c1-18-6-2-3-7-19(18)17-25-12-14-26(15-13-25)23(29)10-11-27-21-9-5-4-8-20(21)22(28)16-24-27/h2-9,16H,10-15,17H2,1H3. The first kappa shape index (κ1) is 19.3. The minimum atomic E-state index is -0.0899. The summed E-state index contributed by atoms with van der Waals surface area (Å²) in [5.41, 5.74) is 3.35. The molecular weight excluding hydrogens is 364 g/mol. The quantitative estimate of drug-likeness (QED) is 0.671. The lowest BCUT2D eigenvalue weighted by atomic mass is 10.1. The number of hydrogen-bond donors (Lipinski definition) is 0. The van der Waals surface area contributed by atoms with E-state index in [-0.39, 0.29) is 11.3 Å². The van der Waals surface area contributed by atoms with Crippen LogP contribution in [0.2, 0.25) is 0 Å². The number of benzene rings is 2. The van der Waals surface area contributed by atoms with Crippen LogP contribution in [0.25, 0.3) is 10.9 Å². The van der Waals surface area contributed by atoms with E-state index in [1.54, 1.807) is 10.7 Å². The number of aryl methyl sites for hydroxylation is 2. The molecule has 150 valence electrons. The molecule has 1 fully saturated rings. The number of carbonyl (C=O) groups is 1. The Morgan fingerprint density at radius 1 is 1.00 bits per heavy atom. The summed E-state index contributed by atoms with van der Waals surface area (Å²) in [6.07, 6.45) is 1.72. The SMILES string of the molecule is Cc1ccccc1CN1CCN(C(=O)CCn2ncc(=O)c3ccccc32)CC1. The van der Waals surface area contributed by atoms with Crippen LogP contribution in [0, 0.1) is 6.92 Å². The van der Waals surface area contributed by atoms with Gasteiger partial charge in [0.2, 0.25) is 11.3 Å². The third-order valence-corrected chi connectivity index (χ3v) is 5.68. The van der Waals surface area contributed by atoms with Crippen molar-refractivity contribution in [3.8, 4) is 0 Å². The van der Waals surface area contributed by atoms with E-state index < -0.39 is 0 Å². The van der Waals surface area contributed by atoms with Crippen molar-refractivity contribution < 1.29 is 4.79 Å². The van der Waals surface area contributed by atoms with E-state index in [4.69, 9.17) is 0 Å². The third kappa shape index (κ3) is 4.38. The lowest BCUT2D eigenvalue weighted by Crippen LogP contribution is -2.48. The number of amides is 1. The molecule has 1 amide bonds. The van der Waals surface area contributed by atoms with E-state index in [2.05, 4.69) is 41.2 Å². The zero-order valence-electron chi connectivity index (χ0n) is 16.8. The highest BCUT2D eigenvalue weighted by molar-refractivity contribution is 5.79. The van der Waals surface area contributed by atoms with Crippen LogP contribution < -0.4 is 5.43 Å². The lowest BCUT2D eigenvalue weighted by Gasteiger charge is -2.35. The van der Waals surface area contributed by atoms with E-state index in [1.165, 1.54) is 17.3 Å². The van der Waals surface area contributed by atoms with Crippen LogP contribution in [-0.4, -0.2) is 51.7 Å². The largest absolute Gasteiger partial charge is 0.340 e. The van der Waals surface area contributed by atoms with Gasteiger partial charge in [-0.3, -0.25) is 19.2 Å². The van der Waals surface area contributed by atoms with Gasteiger partial charge in [0.1, 0.15) is 0 Å². The van der Waals surface area contributed by atoms with Crippen LogP contribution >= 0.6 is 0 Å². The van der Waals surface area contributed by atoms with Gasteiger partial charge < -0.3 is 4.90 Å². The van der Waals surface area contributed by atoms with Gasteiger partial charge in [-0.25, -0.2) is 0 Å². The second kappa shape index (κ2) is 8.57. The molecule has 1 aromatic heterocycles. The molecule has 1 saturated heterocycles. The number of hydrogen-bond acceptors (Lipinski definition) is 4. The van der Waals surface area contributed by atoms with Crippen LogP contribution in [-0.2, 0) is 17.9 Å². The molecule has 0 unspecified atom stereocenters. The number of fused-ring (bicyclic) bond motifs is 1. The van der Waals surface area contributed by atoms with Gasteiger partial charge in [0.05, 0.1) is 18.3 Å². The van der Waals surface area contributed by atoms with Gasteiger partial charge in [0.15, 0.2) is 0 Å². The summed E-state index contributed by atoms with van der Waals surface area (Å²) >= 11 is 0. The minimum absolute atomic E-state index is 0.0899. The van der Waals surface area contributed by atoms with Crippen molar-refractivity contribution in [3.63, 3.8) is 0 Å². The van der Waals surface area contributed by atoms with Crippen molar-refractivity contribution in [2.24, 2.45) is 0 Å². The smallest absolute Gasteiger partial charge is 0.224 e. The molecule has 29 heavy (non-hydrogen) atoms. The maximum atomic E-state index is 12.7. The molecule has 0 radical (unpaired) electrons. The molecule has 0 aliphatic carbocycles. The number of piperazine rings is 1. The highest BCUT2D eigenvalue weighted by atomic mass is 16.2. The maximum Gasteiger partial charge on any atom is 0.224 e. The zero-order valence-corrected chi connectivity index (χ0v) is 16.8. The molecule has 2 aromatic carbocycles. The van der Waals surface area contributed by atoms with Crippen molar-refractivity contribution in [3.05, 3.63) is 76.1 Å². The van der Waals surface area contributed by atoms with Gasteiger partial charge in [0.25, 0.3) is 0 Å². The molecule has 0 atom stereocenters. The Morgan fingerprint density at radius 2 is 1.72 bits per heavy atom.